The van der Waals surface area contributed by atoms with Crippen LogP contribution in [0.5, 0.6) is 0 Å². The molecule has 2 rings (SSSR count). The van der Waals surface area contributed by atoms with Crippen molar-refractivity contribution < 1.29 is 9.59 Å². The summed E-state index contributed by atoms with van der Waals surface area (Å²) < 4.78 is 0. The summed E-state index contributed by atoms with van der Waals surface area (Å²) in [5, 5.41) is 0. The molecule has 1 saturated heterocycles. The minimum atomic E-state index is 0.240. The Bertz CT molecular complexity index is 361. The predicted octanol–water partition coefficient (Wildman–Crippen LogP) is 1.22. The van der Waals surface area contributed by atoms with Gasteiger partial charge in [0.2, 0.25) is 11.8 Å². The number of amides is 2. The van der Waals surface area contributed by atoms with Gasteiger partial charge in [-0.15, -0.1) is 0 Å². The maximum Gasteiger partial charge on any atom is 0.225 e. The lowest BCUT2D eigenvalue weighted by atomic mass is 9.96. The molecule has 1 saturated carbocycles. The highest BCUT2D eigenvalue weighted by Crippen LogP contribution is 2.31. The van der Waals surface area contributed by atoms with E-state index in [0.29, 0.717) is 51.0 Å². The predicted molar refractivity (Wildman–Crippen MR) is 82.6 cm³/mol. The van der Waals surface area contributed by atoms with Gasteiger partial charge < -0.3 is 15.5 Å². The Balaban J connectivity index is 1.68. The number of hydrogen-bond donors (Lipinski definition) is 1. The van der Waals surface area contributed by atoms with Crippen molar-refractivity contribution in [2.45, 2.75) is 45.4 Å². The molecular formula is C16H29N3O2. The van der Waals surface area contributed by atoms with Crippen LogP contribution in [0.3, 0.4) is 0 Å². The lowest BCUT2D eigenvalue weighted by Crippen LogP contribution is -2.51. The SMILES string of the molecule is CCC(CCN)CCC(=O)N1CCN(C(=O)C2CC2)CC1. The highest BCUT2D eigenvalue weighted by atomic mass is 16.2. The molecule has 2 fully saturated rings. The standard InChI is InChI=1S/C16H29N3O2/c1-2-13(7-8-17)3-6-15(20)18-9-11-19(12-10-18)16(21)14-4-5-14/h13-14H,2-12,17H2,1H3. The van der Waals surface area contributed by atoms with Crippen molar-refractivity contribution in [2.24, 2.45) is 17.6 Å². The Morgan fingerprint density at radius 3 is 2.24 bits per heavy atom. The van der Waals surface area contributed by atoms with E-state index in [9.17, 15) is 9.59 Å². The minimum Gasteiger partial charge on any atom is -0.339 e. The van der Waals surface area contributed by atoms with Gasteiger partial charge in [-0.25, -0.2) is 0 Å². The van der Waals surface area contributed by atoms with E-state index in [1.165, 1.54) is 0 Å². The van der Waals surface area contributed by atoms with Gasteiger partial charge in [-0.1, -0.05) is 13.3 Å². The summed E-state index contributed by atoms with van der Waals surface area (Å²) in [7, 11) is 0. The van der Waals surface area contributed by atoms with Crippen molar-refractivity contribution in [2.75, 3.05) is 32.7 Å². The molecule has 0 radical (unpaired) electrons. The molecule has 1 atom stereocenters. The van der Waals surface area contributed by atoms with E-state index >= 15 is 0 Å². The molecule has 1 aliphatic carbocycles. The quantitative estimate of drug-likeness (QED) is 0.768. The summed E-state index contributed by atoms with van der Waals surface area (Å²) in [5.41, 5.74) is 5.59. The molecule has 1 heterocycles. The molecular weight excluding hydrogens is 266 g/mol. The minimum absolute atomic E-state index is 0.240. The highest BCUT2D eigenvalue weighted by Gasteiger charge is 2.35. The van der Waals surface area contributed by atoms with Crippen LogP contribution in [0.1, 0.15) is 45.4 Å². The van der Waals surface area contributed by atoms with Gasteiger partial charge in [0, 0.05) is 38.5 Å². The number of hydrogen-bond acceptors (Lipinski definition) is 3. The van der Waals surface area contributed by atoms with Crippen LogP contribution >= 0.6 is 0 Å². The lowest BCUT2D eigenvalue weighted by molar-refractivity contribution is -0.140. The molecule has 5 nitrogen and oxygen atoms in total. The lowest BCUT2D eigenvalue weighted by Gasteiger charge is -2.35. The number of carbonyl (C=O) groups excluding carboxylic acids is 2. The summed E-state index contributed by atoms with van der Waals surface area (Å²) >= 11 is 0. The van der Waals surface area contributed by atoms with Crippen LogP contribution in [0.25, 0.3) is 0 Å². The van der Waals surface area contributed by atoms with Crippen LogP contribution in [0, 0.1) is 11.8 Å². The fraction of sp³-hybridized carbons (Fsp3) is 0.875. The molecule has 2 N–H and O–H groups in total. The van der Waals surface area contributed by atoms with Gasteiger partial charge >= 0.3 is 0 Å². The van der Waals surface area contributed by atoms with Crippen molar-refractivity contribution >= 4 is 11.8 Å². The third kappa shape index (κ3) is 4.70. The van der Waals surface area contributed by atoms with Crippen molar-refractivity contribution in [1.82, 2.24) is 9.80 Å². The van der Waals surface area contributed by atoms with Crippen LogP contribution in [-0.2, 0) is 9.59 Å². The van der Waals surface area contributed by atoms with Gasteiger partial charge in [-0.3, -0.25) is 9.59 Å². The zero-order valence-corrected chi connectivity index (χ0v) is 13.2. The Hall–Kier alpha value is -1.10. The van der Waals surface area contributed by atoms with Gasteiger partial charge in [-0.05, 0) is 38.1 Å². The van der Waals surface area contributed by atoms with E-state index in [1.54, 1.807) is 0 Å². The second-order valence-corrected chi connectivity index (χ2v) is 6.37. The number of carbonyl (C=O) groups is 2. The normalized spacial score (nSPS) is 20.5. The molecule has 0 aromatic rings. The Labute approximate surface area is 127 Å². The van der Waals surface area contributed by atoms with Crippen molar-refractivity contribution in [1.29, 1.82) is 0 Å². The molecule has 5 heteroatoms. The fourth-order valence-electron chi connectivity index (χ4n) is 3.04. The molecule has 21 heavy (non-hydrogen) atoms. The third-order valence-electron chi connectivity index (χ3n) is 4.79. The van der Waals surface area contributed by atoms with Gasteiger partial charge in [0.25, 0.3) is 0 Å². The number of piperazine rings is 1. The summed E-state index contributed by atoms with van der Waals surface area (Å²) in [6.07, 6.45) is 5.76. The van der Waals surface area contributed by atoms with Crippen molar-refractivity contribution in [3.8, 4) is 0 Å². The van der Waals surface area contributed by atoms with E-state index in [0.717, 1.165) is 32.1 Å². The zero-order chi connectivity index (χ0) is 15.2. The van der Waals surface area contributed by atoms with E-state index in [-0.39, 0.29) is 11.8 Å². The molecule has 2 aliphatic rings. The fourth-order valence-corrected chi connectivity index (χ4v) is 3.04. The number of nitrogens with two attached hydrogens (primary N) is 1. The molecule has 0 spiro atoms. The van der Waals surface area contributed by atoms with Crippen molar-refractivity contribution in [3.63, 3.8) is 0 Å². The van der Waals surface area contributed by atoms with E-state index in [2.05, 4.69) is 6.92 Å². The van der Waals surface area contributed by atoms with Crippen LogP contribution in [0.4, 0.5) is 0 Å². The van der Waals surface area contributed by atoms with E-state index in [1.807, 2.05) is 9.80 Å². The summed E-state index contributed by atoms with van der Waals surface area (Å²) in [6, 6.07) is 0. The topological polar surface area (TPSA) is 66.6 Å². The number of nitrogens with zero attached hydrogens (tertiary/aromatic N) is 2. The smallest absolute Gasteiger partial charge is 0.225 e. The Morgan fingerprint density at radius 1 is 1.10 bits per heavy atom. The average molecular weight is 295 g/mol. The first-order chi connectivity index (χ1) is 10.2. The number of rotatable bonds is 7. The Morgan fingerprint density at radius 2 is 1.71 bits per heavy atom. The van der Waals surface area contributed by atoms with E-state index in [4.69, 9.17) is 5.73 Å². The monoisotopic (exact) mass is 295 g/mol. The third-order valence-corrected chi connectivity index (χ3v) is 4.79. The molecule has 1 unspecified atom stereocenters. The first kappa shape index (κ1) is 16.3. The highest BCUT2D eigenvalue weighted by molar-refractivity contribution is 5.81. The largest absolute Gasteiger partial charge is 0.339 e. The van der Waals surface area contributed by atoms with Crippen LogP contribution in [-0.4, -0.2) is 54.3 Å². The summed E-state index contributed by atoms with van der Waals surface area (Å²) in [5.74, 6) is 1.39. The zero-order valence-electron chi connectivity index (χ0n) is 13.2. The first-order valence-corrected chi connectivity index (χ1v) is 8.42. The Kier molecular flexibility index (Phi) is 6.03. The summed E-state index contributed by atoms with van der Waals surface area (Å²) in [6.45, 7) is 5.68. The van der Waals surface area contributed by atoms with Gasteiger partial charge in [0.15, 0.2) is 0 Å². The maximum atomic E-state index is 12.2. The molecule has 1 aliphatic heterocycles. The average Bonchev–Trinajstić information content (AvgIpc) is 3.35. The second-order valence-electron chi connectivity index (χ2n) is 6.37. The first-order valence-electron chi connectivity index (χ1n) is 8.42. The molecule has 0 aromatic heterocycles. The van der Waals surface area contributed by atoms with Crippen LogP contribution < -0.4 is 5.73 Å². The van der Waals surface area contributed by atoms with Gasteiger partial charge in [-0.2, -0.15) is 0 Å². The molecule has 0 bridgehead atoms. The van der Waals surface area contributed by atoms with Crippen LogP contribution in [0.15, 0.2) is 0 Å². The van der Waals surface area contributed by atoms with Crippen molar-refractivity contribution in [3.05, 3.63) is 0 Å². The van der Waals surface area contributed by atoms with Gasteiger partial charge in [0.05, 0.1) is 0 Å². The molecule has 2 amide bonds. The second kappa shape index (κ2) is 7.78. The summed E-state index contributed by atoms with van der Waals surface area (Å²) in [4.78, 5) is 28.1. The van der Waals surface area contributed by atoms with E-state index < -0.39 is 0 Å². The molecule has 0 aromatic carbocycles. The maximum absolute atomic E-state index is 12.2. The molecule has 120 valence electrons. The van der Waals surface area contributed by atoms with Gasteiger partial charge in [0.1, 0.15) is 0 Å². The van der Waals surface area contributed by atoms with Crippen LogP contribution in [0.2, 0.25) is 0 Å².